The third kappa shape index (κ3) is 4.70. The standard InChI is InChI=1S/C25H24Cl2N4O3/c26-19-6-4-17(5-7-19)16-30-22(32)15-21-23(24(30)18-2-1-3-20(27)14-18)25(33)31(28-21)9-8-29-10-12-34-13-11-29/h1-7,14-15,28H,8-13,16H2. The predicted octanol–water partition coefficient (Wildman–Crippen LogP) is 3.85. The Morgan fingerprint density at radius 2 is 1.68 bits per heavy atom. The van der Waals surface area contributed by atoms with Crippen molar-refractivity contribution in [2.75, 3.05) is 32.8 Å². The normalized spacial score (nSPS) is 14.6. The molecule has 3 heterocycles. The maximum Gasteiger partial charge on any atom is 0.276 e. The zero-order chi connectivity index (χ0) is 23.7. The Morgan fingerprint density at radius 1 is 0.912 bits per heavy atom. The second-order valence-corrected chi connectivity index (χ2v) is 9.24. The Balaban J connectivity index is 1.63. The molecule has 1 saturated heterocycles. The first-order chi connectivity index (χ1) is 16.5. The van der Waals surface area contributed by atoms with Crippen LogP contribution in [0.4, 0.5) is 0 Å². The Morgan fingerprint density at radius 3 is 2.41 bits per heavy atom. The Hall–Kier alpha value is -2.84. The zero-order valence-corrected chi connectivity index (χ0v) is 20.0. The number of hydrogen-bond donors (Lipinski definition) is 1. The summed E-state index contributed by atoms with van der Waals surface area (Å²) in [6.07, 6.45) is 0. The number of nitrogens with zero attached hydrogens (tertiary/aromatic N) is 3. The molecule has 0 bridgehead atoms. The van der Waals surface area contributed by atoms with Crippen LogP contribution in [0.3, 0.4) is 0 Å². The van der Waals surface area contributed by atoms with Crippen LogP contribution in [0.1, 0.15) is 5.56 Å². The van der Waals surface area contributed by atoms with Crippen LogP contribution in [0, 0.1) is 0 Å². The molecular formula is C25H24Cl2N4O3. The molecule has 2 aromatic carbocycles. The van der Waals surface area contributed by atoms with Crippen molar-refractivity contribution in [1.29, 1.82) is 0 Å². The van der Waals surface area contributed by atoms with E-state index in [0.29, 0.717) is 58.5 Å². The van der Waals surface area contributed by atoms with Gasteiger partial charge in [0, 0.05) is 41.3 Å². The molecule has 0 atom stereocenters. The highest BCUT2D eigenvalue weighted by Crippen LogP contribution is 2.27. The van der Waals surface area contributed by atoms with E-state index in [4.69, 9.17) is 27.9 Å². The number of nitrogens with one attached hydrogen (secondary N) is 1. The van der Waals surface area contributed by atoms with Crippen molar-refractivity contribution in [2.45, 2.75) is 13.1 Å². The molecule has 9 heteroatoms. The molecule has 4 aromatic rings. The molecule has 0 unspecified atom stereocenters. The average molecular weight is 499 g/mol. The Kier molecular flexibility index (Phi) is 6.61. The van der Waals surface area contributed by atoms with Gasteiger partial charge in [0.2, 0.25) is 0 Å². The summed E-state index contributed by atoms with van der Waals surface area (Å²) in [5.41, 5.74) is 2.30. The van der Waals surface area contributed by atoms with E-state index >= 15 is 0 Å². The summed E-state index contributed by atoms with van der Waals surface area (Å²) in [6.45, 7) is 4.59. The number of morpholine rings is 1. The van der Waals surface area contributed by atoms with Gasteiger partial charge in [0.25, 0.3) is 11.1 Å². The number of benzene rings is 2. The lowest BCUT2D eigenvalue weighted by atomic mass is 10.1. The number of aromatic nitrogens is 3. The van der Waals surface area contributed by atoms with Gasteiger partial charge in [-0.15, -0.1) is 0 Å². The highest BCUT2D eigenvalue weighted by atomic mass is 35.5. The molecule has 0 spiro atoms. The Labute approximate surface area is 206 Å². The number of H-pyrrole nitrogens is 1. The molecule has 0 amide bonds. The van der Waals surface area contributed by atoms with Crippen LogP contribution in [-0.2, 0) is 17.8 Å². The van der Waals surface area contributed by atoms with Gasteiger partial charge in [-0.05, 0) is 29.8 Å². The first kappa shape index (κ1) is 22.9. The lowest BCUT2D eigenvalue weighted by Gasteiger charge is -2.26. The molecule has 2 aromatic heterocycles. The van der Waals surface area contributed by atoms with E-state index in [1.54, 1.807) is 33.5 Å². The highest BCUT2D eigenvalue weighted by Gasteiger charge is 2.20. The lowest BCUT2D eigenvalue weighted by Crippen LogP contribution is -2.39. The summed E-state index contributed by atoms with van der Waals surface area (Å²) in [4.78, 5) is 29.1. The van der Waals surface area contributed by atoms with Crippen molar-refractivity contribution in [2.24, 2.45) is 0 Å². The fraction of sp³-hybridized carbons (Fsp3) is 0.280. The molecule has 5 rings (SSSR count). The molecule has 34 heavy (non-hydrogen) atoms. The van der Waals surface area contributed by atoms with Crippen LogP contribution in [-0.4, -0.2) is 52.1 Å². The largest absolute Gasteiger partial charge is 0.379 e. The number of aromatic amines is 1. The van der Waals surface area contributed by atoms with E-state index in [-0.39, 0.29) is 11.1 Å². The molecule has 1 fully saturated rings. The summed E-state index contributed by atoms with van der Waals surface area (Å²) >= 11 is 12.3. The maximum absolute atomic E-state index is 13.6. The van der Waals surface area contributed by atoms with Gasteiger partial charge in [-0.25, -0.2) is 0 Å². The minimum atomic E-state index is -0.209. The van der Waals surface area contributed by atoms with Gasteiger partial charge in [-0.1, -0.05) is 47.5 Å². The minimum Gasteiger partial charge on any atom is -0.379 e. The number of rotatable bonds is 6. The second-order valence-electron chi connectivity index (χ2n) is 8.37. The van der Waals surface area contributed by atoms with Crippen LogP contribution in [0.15, 0.2) is 64.2 Å². The first-order valence-corrected chi connectivity index (χ1v) is 11.9. The van der Waals surface area contributed by atoms with E-state index in [2.05, 4.69) is 10.00 Å². The number of fused-ring (bicyclic) bond motifs is 1. The highest BCUT2D eigenvalue weighted by molar-refractivity contribution is 6.31. The van der Waals surface area contributed by atoms with Gasteiger partial charge in [-0.3, -0.25) is 24.3 Å². The summed E-state index contributed by atoms with van der Waals surface area (Å²) in [6, 6.07) is 16.0. The number of halogens is 2. The van der Waals surface area contributed by atoms with Crippen LogP contribution in [0.25, 0.3) is 22.2 Å². The summed E-state index contributed by atoms with van der Waals surface area (Å²) in [5.74, 6) is 0. The predicted molar refractivity (Wildman–Crippen MR) is 135 cm³/mol. The zero-order valence-electron chi connectivity index (χ0n) is 18.5. The SMILES string of the molecule is O=c1c2c(-c3cccc(Cl)c3)n(Cc3ccc(Cl)cc3)c(=O)cc2[nH]n1CCN1CCOCC1. The van der Waals surface area contributed by atoms with Gasteiger partial charge in [0.1, 0.15) is 0 Å². The monoisotopic (exact) mass is 498 g/mol. The fourth-order valence-corrected chi connectivity index (χ4v) is 4.69. The van der Waals surface area contributed by atoms with Gasteiger partial charge in [0.15, 0.2) is 0 Å². The smallest absolute Gasteiger partial charge is 0.276 e. The average Bonchev–Trinajstić information content (AvgIpc) is 3.15. The third-order valence-electron chi connectivity index (χ3n) is 6.12. The van der Waals surface area contributed by atoms with Crippen molar-refractivity contribution in [3.05, 3.63) is 90.9 Å². The lowest BCUT2D eigenvalue weighted by molar-refractivity contribution is 0.0359. The summed E-state index contributed by atoms with van der Waals surface area (Å²) in [5, 5.41) is 4.77. The number of hydrogen-bond acceptors (Lipinski definition) is 4. The molecule has 0 radical (unpaired) electrons. The van der Waals surface area contributed by atoms with Gasteiger partial charge >= 0.3 is 0 Å². The van der Waals surface area contributed by atoms with Crippen LogP contribution < -0.4 is 11.1 Å². The van der Waals surface area contributed by atoms with Crippen molar-refractivity contribution >= 4 is 34.1 Å². The molecule has 7 nitrogen and oxygen atoms in total. The van der Waals surface area contributed by atoms with E-state index in [9.17, 15) is 9.59 Å². The molecule has 176 valence electrons. The van der Waals surface area contributed by atoms with Gasteiger partial charge < -0.3 is 9.30 Å². The maximum atomic E-state index is 13.6. The van der Waals surface area contributed by atoms with Crippen molar-refractivity contribution in [1.82, 2.24) is 19.2 Å². The van der Waals surface area contributed by atoms with Gasteiger partial charge in [0.05, 0.1) is 42.9 Å². The topological polar surface area (TPSA) is 72.3 Å². The number of ether oxygens (including phenoxy) is 1. The summed E-state index contributed by atoms with van der Waals surface area (Å²) < 4.78 is 8.61. The van der Waals surface area contributed by atoms with Crippen molar-refractivity contribution < 1.29 is 4.74 Å². The van der Waals surface area contributed by atoms with E-state index in [0.717, 1.165) is 25.2 Å². The van der Waals surface area contributed by atoms with E-state index in [1.165, 1.54) is 6.07 Å². The van der Waals surface area contributed by atoms with Crippen LogP contribution >= 0.6 is 23.2 Å². The minimum absolute atomic E-state index is 0.164. The van der Waals surface area contributed by atoms with E-state index in [1.807, 2.05) is 24.3 Å². The van der Waals surface area contributed by atoms with Crippen LogP contribution in [0.5, 0.6) is 0 Å². The quantitative estimate of drug-likeness (QED) is 0.438. The first-order valence-electron chi connectivity index (χ1n) is 11.2. The fourth-order valence-electron chi connectivity index (χ4n) is 4.37. The van der Waals surface area contributed by atoms with E-state index < -0.39 is 0 Å². The number of pyridine rings is 1. The molecular weight excluding hydrogens is 475 g/mol. The van der Waals surface area contributed by atoms with Gasteiger partial charge in [-0.2, -0.15) is 0 Å². The molecule has 0 aliphatic carbocycles. The third-order valence-corrected chi connectivity index (χ3v) is 6.61. The second kappa shape index (κ2) is 9.80. The van der Waals surface area contributed by atoms with Crippen LogP contribution in [0.2, 0.25) is 10.0 Å². The molecule has 1 aliphatic heterocycles. The van der Waals surface area contributed by atoms with Crippen molar-refractivity contribution in [3.8, 4) is 11.3 Å². The molecule has 0 saturated carbocycles. The van der Waals surface area contributed by atoms with Crippen molar-refractivity contribution in [3.63, 3.8) is 0 Å². The summed E-state index contributed by atoms with van der Waals surface area (Å²) in [7, 11) is 0. The molecule has 1 aliphatic rings. The molecule has 1 N–H and O–H groups in total. The Bertz CT molecular complexity index is 1430.